The molecule has 1 aromatic rings. The normalized spacial score (nSPS) is 14.7. The van der Waals surface area contributed by atoms with Gasteiger partial charge in [0.2, 0.25) is 0 Å². The summed E-state index contributed by atoms with van der Waals surface area (Å²) >= 11 is 0. The Balaban J connectivity index is 3.03. The van der Waals surface area contributed by atoms with E-state index in [1.165, 1.54) is 0 Å². The molecule has 0 saturated carbocycles. The number of nitrogens with zero attached hydrogens (tertiary/aromatic N) is 1. The SMILES string of the molecule is CCCC(N)(CN(C)C)c1cccc(OC)c1. The highest BCUT2D eigenvalue weighted by molar-refractivity contribution is 5.33. The van der Waals surface area contributed by atoms with Crippen molar-refractivity contribution in [1.82, 2.24) is 4.90 Å². The van der Waals surface area contributed by atoms with Crippen LogP contribution in [0.4, 0.5) is 0 Å². The van der Waals surface area contributed by atoms with Crippen molar-refractivity contribution in [3.63, 3.8) is 0 Å². The molecule has 0 bridgehead atoms. The second-order valence-corrected chi connectivity index (χ2v) is 4.88. The Labute approximate surface area is 105 Å². The van der Waals surface area contributed by atoms with E-state index in [1.807, 2.05) is 18.2 Å². The maximum Gasteiger partial charge on any atom is 0.119 e. The zero-order chi connectivity index (χ0) is 12.9. The average Bonchev–Trinajstić information content (AvgIpc) is 2.28. The molecule has 17 heavy (non-hydrogen) atoms. The van der Waals surface area contributed by atoms with Gasteiger partial charge in [-0.15, -0.1) is 0 Å². The number of likely N-dealkylation sites (N-methyl/N-ethyl adjacent to an activating group) is 1. The summed E-state index contributed by atoms with van der Waals surface area (Å²) in [4.78, 5) is 2.13. The van der Waals surface area contributed by atoms with Crippen molar-refractivity contribution in [3.8, 4) is 5.75 Å². The quantitative estimate of drug-likeness (QED) is 0.823. The molecule has 0 heterocycles. The predicted molar refractivity (Wildman–Crippen MR) is 72.3 cm³/mol. The van der Waals surface area contributed by atoms with Gasteiger partial charge < -0.3 is 15.4 Å². The van der Waals surface area contributed by atoms with Crippen LogP contribution in [0.5, 0.6) is 5.75 Å². The first-order valence-electron chi connectivity index (χ1n) is 6.10. The lowest BCUT2D eigenvalue weighted by Crippen LogP contribution is -2.45. The summed E-state index contributed by atoms with van der Waals surface area (Å²) in [6, 6.07) is 8.08. The molecule has 1 unspecified atom stereocenters. The Hall–Kier alpha value is -1.06. The largest absolute Gasteiger partial charge is 0.497 e. The molecule has 0 amide bonds. The molecule has 2 N–H and O–H groups in total. The summed E-state index contributed by atoms with van der Waals surface area (Å²) in [5.41, 5.74) is 7.40. The van der Waals surface area contributed by atoms with Crippen molar-refractivity contribution in [3.05, 3.63) is 29.8 Å². The van der Waals surface area contributed by atoms with Crippen LogP contribution >= 0.6 is 0 Å². The highest BCUT2D eigenvalue weighted by Crippen LogP contribution is 2.27. The van der Waals surface area contributed by atoms with Crippen LogP contribution in [-0.2, 0) is 5.54 Å². The molecule has 0 aromatic heterocycles. The molecule has 0 spiro atoms. The average molecular weight is 236 g/mol. The van der Waals surface area contributed by atoms with E-state index in [9.17, 15) is 0 Å². The molecular weight excluding hydrogens is 212 g/mol. The first-order chi connectivity index (χ1) is 8.01. The first-order valence-corrected chi connectivity index (χ1v) is 6.10. The highest BCUT2D eigenvalue weighted by atomic mass is 16.5. The molecule has 1 atom stereocenters. The maximum atomic E-state index is 6.56. The van der Waals surface area contributed by atoms with E-state index in [-0.39, 0.29) is 5.54 Å². The van der Waals surface area contributed by atoms with Crippen LogP contribution in [0.1, 0.15) is 25.3 Å². The van der Waals surface area contributed by atoms with Gasteiger partial charge in [-0.1, -0.05) is 25.5 Å². The Morgan fingerprint density at radius 1 is 1.35 bits per heavy atom. The van der Waals surface area contributed by atoms with E-state index in [1.54, 1.807) is 7.11 Å². The number of benzene rings is 1. The molecule has 3 heteroatoms. The Bertz CT molecular complexity index is 352. The minimum absolute atomic E-state index is 0.299. The molecular formula is C14H24N2O. The summed E-state index contributed by atoms with van der Waals surface area (Å²) in [5, 5.41) is 0. The highest BCUT2D eigenvalue weighted by Gasteiger charge is 2.27. The van der Waals surface area contributed by atoms with Gasteiger partial charge in [-0.05, 0) is 38.2 Å². The van der Waals surface area contributed by atoms with Crippen molar-refractivity contribution in [2.24, 2.45) is 5.73 Å². The molecule has 0 fully saturated rings. The zero-order valence-electron chi connectivity index (χ0n) is 11.4. The van der Waals surface area contributed by atoms with Crippen molar-refractivity contribution in [2.45, 2.75) is 25.3 Å². The molecule has 0 aliphatic heterocycles. The van der Waals surface area contributed by atoms with Crippen LogP contribution in [-0.4, -0.2) is 32.6 Å². The molecule has 3 nitrogen and oxygen atoms in total. The van der Waals surface area contributed by atoms with Crippen LogP contribution in [0.15, 0.2) is 24.3 Å². The van der Waals surface area contributed by atoms with E-state index in [4.69, 9.17) is 10.5 Å². The minimum atomic E-state index is -0.299. The summed E-state index contributed by atoms with van der Waals surface area (Å²) in [5.74, 6) is 0.868. The predicted octanol–water partition coefficient (Wildman–Crippen LogP) is 2.21. The number of ether oxygens (including phenoxy) is 1. The van der Waals surface area contributed by atoms with Gasteiger partial charge in [-0.2, -0.15) is 0 Å². The van der Waals surface area contributed by atoms with Gasteiger partial charge in [-0.3, -0.25) is 0 Å². The van der Waals surface area contributed by atoms with Gasteiger partial charge >= 0.3 is 0 Å². The number of hydrogen-bond donors (Lipinski definition) is 1. The summed E-state index contributed by atoms with van der Waals surface area (Å²) in [6.07, 6.45) is 2.04. The van der Waals surface area contributed by atoms with E-state index in [2.05, 4.69) is 32.0 Å². The van der Waals surface area contributed by atoms with E-state index in [0.29, 0.717) is 0 Å². The summed E-state index contributed by atoms with van der Waals surface area (Å²) in [6.45, 7) is 3.01. The molecule has 0 radical (unpaired) electrons. The van der Waals surface area contributed by atoms with Gasteiger partial charge in [0.25, 0.3) is 0 Å². The lowest BCUT2D eigenvalue weighted by molar-refractivity contribution is 0.269. The van der Waals surface area contributed by atoms with Crippen molar-refractivity contribution >= 4 is 0 Å². The number of methoxy groups -OCH3 is 1. The third kappa shape index (κ3) is 3.72. The fourth-order valence-electron chi connectivity index (χ4n) is 2.26. The van der Waals surface area contributed by atoms with Crippen LogP contribution in [0.25, 0.3) is 0 Å². The van der Waals surface area contributed by atoms with Gasteiger partial charge in [-0.25, -0.2) is 0 Å². The summed E-state index contributed by atoms with van der Waals surface area (Å²) in [7, 11) is 5.79. The van der Waals surface area contributed by atoms with Gasteiger partial charge in [0.05, 0.1) is 12.6 Å². The van der Waals surface area contributed by atoms with Crippen LogP contribution in [0.2, 0.25) is 0 Å². The topological polar surface area (TPSA) is 38.5 Å². The Kier molecular flexibility index (Phi) is 4.97. The third-order valence-electron chi connectivity index (χ3n) is 2.94. The first kappa shape index (κ1) is 14.0. The molecule has 0 aliphatic rings. The lowest BCUT2D eigenvalue weighted by atomic mass is 9.86. The van der Waals surface area contributed by atoms with E-state index >= 15 is 0 Å². The second kappa shape index (κ2) is 6.03. The van der Waals surface area contributed by atoms with Gasteiger partial charge in [0.1, 0.15) is 5.75 Å². The van der Waals surface area contributed by atoms with Crippen LogP contribution in [0.3, 0.4) is 0 Å². The smallest absolute Gasteiger partial charge is 0.119 e. The number of nitrogens with two attached hydrogens (primary N) is 1. The number of rotatable bonds is 6. The van der Waals surface area contributed by atoms with Crippen molar-refractivity contribution < 1.29 is 4.74 Å². The lowest BCUT2D eigenvalue weighted by Gasteiger charge is -2.33. The Morgan fingerprint density at radius 2 is 2.06 bits per heavy atom. The third-order valence-corrected chi connectivity index (χ3v) is 2.94. The molecule has 96 valence electrons. The number of hydrogen-bond acceptors (Lipinski definition) is 3. The fourth-order valence-corrected chi connectivity index (χ4v) is 2.26. The Morgan fingerprint density at radius 3 is 2.59 bits per heavy atom. The molecule has 1 aromatic carbocycles. The minimum Gasteiger partial charge on any atom is -0.497 e. The van der Waals surface area contributed by atoms with Gasteiger partial charge in [0, 0.05) is 6.54 Å². The van der Waals surface area contributed by atoms with Crippen molar-refractivity contribution in [2.75, 3.05) is 27.7 Å². The van der Waals surface area contributed by atoms with Gasteiger partial charge in [0.15, 0.2) is 0 Å². The monoisotopic (exact) mass is 236 g/mol. The van der Waals surface area contributed by atoms with Crippen molar-refractivity contribution in [1.29, 1.82) is 0 Å². The zero-order valence-corrected chi connectivity index (χ0v) is 11.4. The fraction of sp³-hybridized carbons (Fsp3) is 0.571. The summed E-state index contributed by atoms with van der Waals surface area (Å²) < 4.78 is 5.26. The molecule has 0 aliphatic carbocycles. The van der Waals surface area contributed by atoms with E-state index in [0.717, 1.165) is 30.7 Å². The van der Waals surface area contributed by atoms with Crippen LogP contribution in [0, 0.1) is 0 Å². The molecule has 0 saturated heterocycles. The van der Waals surface area contributed by atoms with E-state index < -0.39 is 0 Å². The van der Waals surface area contributed by atoms with Crippen LogP contribution < -0.4 is 10.5 Å². The second-order valence-electron chi connectivity index (χ2n) is 4.88. The standard InChI is InChI=1S/C14H24N2O/c1-5-9-14(15,11-16(2)3)12-7-6-8-13(10-12)17-4/h6-8,10H,5,9,11,15H2,1-4H3. The maximum absolute atomic E-state index is 6.56. The molecule has 1 rings (SSSR count).